The van der Waals surface area contributed by atoms with E-state index < -0.39 is 0 Å². The van der Waals surface area contributed by atoms with Gasteiger partial charge in [-0.15, -0.1) is 0 Å². The molecule has 1 saturated carbocycles. The Morgan fingerprint density at radius 3 is 2.79 bits per heavy atom. The van der Waals surface area contributed by atoms with Crippen LogP contribution >= 0.6 is 0 Å². The first-order valence-electron chi connectivity index (χ1n) is 4.98. The molecule has 2 nitrogen and oxygen atoms in total. The second-order valence-corrected chi connectivity index (χ2v) is 4.00. The van der Waals surface area contributed by atoms with E-state index in [1.165, 1.54) is 18.4 Å². The van der Waals surface area contributed by atoms with Crippen LogP contribution in [0.4, 0.5) is 0 Å². The summed E-state index contributed by atoms with van der Waals surface area (Å²) < 4.78 is 0. The monoisotopic (exact) mass is 190 g/mol. The van der Waals surface area contributed by atoms with Gasteiger partial charge in [0.15, 0.2) is 0 Å². The molecule has 0 saturated heterocycles. The number of phenols is 1. The van der Waals surface area contributed by atoms with E-state index in [4.69, 9.17) is 0 Å². The molecule has 1 aromatic carbocycles. The maximum absolute atomic E-state index is 11.0. The van der Waals surface area contributed by atoms with E-state index in [1.54, 1.807) is 13.0 Å². The standard InChI is InChI=1S/C12H14O2/c1-8(13)7-11-10(9-5-6-9)3-2-4-12(11)14/h2-4,9,14H,5-7H2,1H3. The Balaban J connectivity index is 2.37. The molecule has 1 aliphatic carbocycles. The van der Waals surface area contributed by atoms with Crippen molar-refractivity contribution in [2.24, 2.45) is 0 Å². The van der Waals surface area contributed by atoms with Gasteiger partial charge in [-0.3, -0.25) is 4.79 Å². The first kappa shape index (κ1) is 9.25. The van der Waals surface area contributed by atoms with Crippen LogP contribution < -0.4 is 0 Å². The SMILES string of the molecule is CC(=O)Cc1c(O)cccc1C1CC1. The minimum absolute atomic E-state index is 0.105. The van der Waals surface area contributed by atoms with Gasteiger partial charge in [0.2, 0.25) is 0 Å². The molecule has 2 heteroatoms. The summed E-state index contributed by atoms with van der Waals surface area (Å²) in [6.07, 6.45) is 2.74. The van der Waals surface area contributed by atoms with Crippen molar-refractivity contribution < 1.29 is 9.90 Å². The molecule has 14 heavy (non-hydrogen) atoms. The van der Waals surface area contributed by atoms with Crippen LogP contribution in [0.2, 0.25) is 0 Å². The van der Waals surface area contributed by atoms with Crippen LogP contribution in [0.25, 0.3) is 0 Å². The van der Waals surface area contributed by atoms with Crippen molar-refractivity contribution in [3.8, 4) is 5.75 Å². The van der Waals surface area contributed by atoms with Crippen LogP contribution in [0.15, 0.2) is 18.2 Å². The lowest BCUT2D eigenvalue weighted by Crippen LogP contribution is -2.00. The third kappa shape index (κ3) is 1.79. The first-order chi connectivity index (χ1) is 6.68. The second kappa shape index (κ2) is 3.45. The van der Waals surface area contributed by atoms with Crippen molar-refractivity contribution in [2.45, 2.75) is 32.1 Å². The summed E-state index contributed by atoms with van der Waals surface area (Å²) in [4.78, 5) is 11.0. The Bertz CT molecular complexity index is 365. The zero-order chi connectivity index (χ0) is 10.1. The van der Waals surface area contributed by atoms with Crippen LogP contribution in [0.3, 0.4) is 0 Å². The van der Waals surface area contributed by atoms with Crippen molar-refractivity contribution in [1.82, 2.24) is 0 Å². The fraction of sp³-hybridized carbons (Fsp3) is 0.417. The number of carbonyl (C=O) groups excluding carboxylic acids is 1. The van der Waals surface area contributed by atoms with E-state index in [1.807, 2.05) is 12.1 Å². The molecule has 0 bridgehead atoms. The molecular weight excluding hydrogens is 176 g/mol. The van der Waals surface area contributed by atoms with Crippen LogP contribution in [0, 0.1) is 0 Å². The highest BCUT2D eigenvalue weighted by Gasteiger charge is 2.27. The molecule has 0 aromatic heterocycles. The Labute approximate surface area is 83.6 Å². The van der Waals surface area contributed by atoms with Crippen molar-refractivity contribution in [2.75, 3.05) is 0 Å². The summed E-state index contributed by atoms with van der Waals surface area (Å²) in [6.45, 7) is 1.56. The van der Waals surface area contributed by atoms with E-state index in [0.717, 1.165) is 5.56 Å². The van der Waals surface area contributed by atoms with Crippen LogP contribution in [-0.4, -0.2) is 10.9 Å². The number of rotatable bonds is 3. The Hall–Kier alpha value is -1.31. The van der Waals surface area contributed by atoms with Crippen molar-refractivity contribution in [1.29, 1.82) is 0 Å². The van der Waals surface area contributed by atoms with Crippen molar-refractivity contribution in [3.63, 3.8) is 0 Å². The van der Waals surface area contributed by atoms with Crippen LogP contribution in [-0.2, 0) is 11.2 Å². The number of carbonyl (C=O) groups is 1. The van der Waals surface area contributed by atoms with Gasteiger partial charge in [-0.2, -0.15) is 0 Å². The highest BCUT2D eigenvalue weighted by molar-refractivity contribution is 5.79. The van der Waals surface area contributed by atoms with Gasteiger partial charge in [0.1, 0.15) is 11.5 Å². The zero-order valence-electron chi connectivity index (χ0n) is 8.29. The summed E-state index contributed by atoms with van der Waals surface area (Å²) >= 11 is 0. The number of Topliss-reactive ketones (excluding diaryl/α,β-unsaturated/α-hetero) is 1. The highest BCUT2D eigenvalue weighted by atomic mass is 16.3. The average molecular weight is 190 g/mol. The molecule has 0 radical (unpaired) electrons. The zero-order valence-corrected chi connectivity index (χ0v) is 8.29. The quantitative estimate of drug-likeness (QED) is 0.794. The van der Waals surface area contributed by atoms with Gasteiger partial charge >= 0.3 is 0 Å². The number of phenolic OH excluding ortho intramolecular Hbond substituents is 1. The van der Waals surface area contributed by atoms with E-state index in [9.17, 15) is 9.90 Å². The third-order valence-electron chi connectivity index (χ3n) is 2.63. The molecule has 74 valence electrons. The number of aromatic hydroxyl groups is 1. The maximum atomic E-state index is 11.0. The lowest BCUT2D eigenvalue weighted by Gasteiger charge is -2.08. The van der Waals surface area contributed by atoms with Crippen LogP contribution in [0.1, 0.15) is 36.8 Å². The second-order valence-electron chi connectivity index (χ2n) is 4.00. The van der Waals surface area contributed by atoms with E-state index in [-0.39, 0.29) is 11.5 Å². The molecule has 0 atom stereocenters. The third-order valence-corrected chi connectivity index (χ3v) is 2.63. The van der Waals surface area contributed by atoms with Gasteiger partial charge in [-0.05, 0) is 37.3 Å². The average Bonchev–Trinajstić information content (AvgIpc) is 2.90. The minimum Gasteiger partial charge on any atom is -0.508 e. The molecule has 0 heterocycles. The molecule has 1 aliphatic rings. The molecular formula is C12H14O2. The Morgan fingerprint density at radius 2 is 2.21 bits per heavy atom. The van der Waals surface area contributed by atoms with Gasteiger partial charge in [0, 0.05) is 12.0 Å². The molecule has 1 aromatic rings. The fourth-order valence-electron chi connectivity index (χ4n) is 1.81. The minimum atomic E-state index is 0.105. The normalized spacial score (nSPS) is 15.5. The smallest absolute Gasteiger partial charge is 0.134 e. The summed E-state index contributed by atoms with van der Waals surface area (Å²) in [6, 6.07) is 5.53. The van der Waals surface area contributed by atoms with Gasteiger partial charge < -0.3 is 5.11 Å². The molecule has 0 amide bonds. The number of ketones is 1. The molecule has 0 unspecified atom stereocenters. The lowest BCUT2D eigenvalue weighted by molar-refractivity contribution is -0.116. The lowest BCUT2D eigenvalue weighted by atomic mass is 9.98. The van der Waals surface area contributed by atoms with E-state index >= 15 is 0 Å². The number of benzene rings is 1. The van der Waals surface area contributed by atoms with Crippen molar-refractivity contribution in [3.05, 3.63) is 29.3 Å². The summed E-state index contributed by atoms with van der Waals surface area (Å²) in [5.41, 5.74) is 2.00. The predicted molar refractivity (Wildman–Crippen MR) is 54.5 cm³/mol. The summed E-state index contributed by atoms with van der Waals surface area (Å²) in [5.74, 6) is 0.953. The van der Waals surface area contributed by atoms with Gasteiger partial charge in [-0.25, -0.2) is 0 Å². The molecule has 1 N–H and O–H groups in total. The number of hydrogen-bond acceptors (Lipinski definition) is 2. The Kier molecular flexibility index (Phi) is 2.28. The van der Waals surface area contributed by atoms with E-state index in [0.29, 0.717) is 12.3 Å². The van der Waals surface area contributed by atoms with Crippen molar-refractivity contribution >= 4 is 5.78 Å². The van der Waals surface area contributed by atoms with Gasteiger partial charge in [-0.1, -0.05) is 12.1 Å². The molecule has 0 aliphatic heterocycles. The summed E-state index contributed by atoms with van der Waals surface area (Å²) in [7, 11) is 0. The van der Waals surface area contributed by atoms with E-state index in [2.05, 4.69) is 0 Å². The van der Waals surface area contributed by atoms with Gasteiger partial charge in [0.25, 0.3) is 0 Å². The molecule has 2 rings (SSSR count). The molecule has 0 spiro atoms. The number of hydrogen-bond donors (Lipinski definition) is 1. The first-order valence-corrected chi connectivity index (χ1v) is 4.98. The van der Waals surface area contributed by atoms with Gasteiger partial charge in [0.05, 0.1) is 0 Å². The van der Waals surface area contributed by atoms with Crippen LogP contribution in [0.5, 0.6) is 5.75 Å². The Morgan fingerprint density at radius 1 is 1.50 bits per heavy atom. The highest BCUT2D eigenvalue weighted by Crippen LogP contribution is 2.43. The summed E-state index contributed by atoms with van der Waals surface area (Å²) in [5, 5.41) is 9.66. The largest absolute Gasteiger partial charge is 0.508 e. The molecule has 1 fully saturated rings. The fourth-order valence-corrected chi connectivity index (χ4v) is 1.81. The topological polar surface area (TPSA) is 37.3 Å². The maximum Gasteiger partial charge on any atom is 0.134 e. The predicted octanol–water partition coefficient (Wildman–Crippen LogP) is 2.40.